The summed E-state index contributed by atoms with van der Waals surface area (Å²) in [6.07, 6.45) is 1.64. The van der Waals surface area contributed by atoms with Crippen molar-refractivity contribution in [2.75, 3.05) is 0 Å². The van der Waals surface area contributed by atoms with Crippen LogP contribution >= 0.6 is 11.6 Å². The number of aromatic carboxylic acids is 1. The second kappa shape index (κ2) is 5.75. The van der Waals surface area contributed by atoms with Gasteiger partial charge in [-0.2, -0.15) is 0 Å². The molecule has 0 atom stereocenters. The number of hydrogen-bond donors (Lipinski definition) is 1. The molecule has 0 aliphatic rings. The number of para-hydroxylation sites is 1. The summed E-state index contributed by atoms with van der Waals surface area (Å²) in [5.74, 6) is -0.756. The van der Waals surface area contributed by atoms with E-state index >= 15 is 0 Å². The van der Waals surface area contributed by atoms with Crippen LogP contribution in [0.4, 0.5) is 0 Å². The van der Waals surface area contributed by atoms with Crippen LogP contribution in [-0.4, -0.2) is 17.2 Å². The highest BCUT2D eigenvalue weighted by Gasteiger charge is 2.17. The SMILES string of the molecule is CCC(CC)Oc1c(Cl)cccc1C(=O)O. The van der Waals surface area contributed by atoms with E-state index in [0.717, 1.165) is 12.8 Å². The van der Waals surface area contributed by atoms with E-state index in [2.05, 4.69) is 0 Å². The van der Waals surface area contributed by atoms with Gasteiger partial charge < -0.3 is 9.84 Å². The van der Waals surface area contributed by atoms with Crippen LogP contribution < -0.4 is 4.74 Å². The summed E-state index contributed by atoms with van der Waals surface area (Å²) < 4.78 is 5.62. The number of rotatable bonds is 5. The minimum Gasteiger partial charge on any atom is -0.488 e. The molecule has 0 saturated heterocycles. The molecule has 4 heteroatoms. The number of hydrogen-bond acceptors (Lipinski definition) is 2. The van der Waals surface area contributed by atoms with Crippen molar-refractivity contribution in [1.29, 1.82) is 0 Å². The van der Waals surface area contributed by atoms with Crippen molar-refractivity contribution in [3.8, 4) is 5.75 Å². The molecule has 0 unspecified atom stereocenters. The fraction of sp³-hybridized carbons (Fsp3) is 0.417. The lowest BCUT2D eigenvalue weighted by molar-refractivity contribution is 0.0688. The Morgan fingerprint density at radius 1 is 1.44 bits per heavy atom. The van der Waals surface area contributed by atoms with Gasteiger partial charge in [0.25, 0.3) is 0 Å². The summed E-state index contributed by atoms with van der Waals surface area (Å²) in [5.41, 5.74) is 0.111. The van der Waals surface area contributed by atoms with Crippen molar-refractivity contribution < 1.29 is 14.6 Å². The fourth-order valence-corrected chi connectivity index (χ4v) is 1.64. The Hall–Kier alpha value is -1.22. The van der Waals surface area contributed by atoms with Gasteiger partial charge >= 0.3 is 5.97 Å². The maximum absolute atomic E-state index is 11.0. The van der Waals surface area contributed by atoms with Crippen LogP contribution in [0.3, 0.4) is 0 Å². The third-order valence-electron chi connectivity index (χ3n) is 2.39. The van der Waals surface area contributed by atoms with Gasteiger partial charge in [-0.3, -0.25) is 0 Å². The van der Waals surface area contributed by atoms with Gasteiger partial charge in [-0.1, -0.05) is 31.5 Å². The molecule has 1 aromatic rings. The zero-order valence-corrected chi connectivity index (χ0v) is 10.1. The Kier molecular flexibility index (Phi) is 4.62. The Bertz CT molecular complexity index is 373. The predicted octanol–water partition coefficient (Wildman–Crippen LogP) is 3.61. The molecule has 0 heterocycles. The number of halogens is 1. The van der Waals surface area contributed by atoms with Crippen molar-refractivity contribution in [2.45, 2.75) is 32.8 Å². The van der Waals surface area contributed by atoms with Crippen molar-refractivity contribution in [1.82, 2.24) is 0 Å². The summed E-state index contributed by atoms with van der Waals surface area (Å²) in [6, 6.07) is 4.73. The first-order chi connectivity index (χ1) is 7.60. The molecular weight excluding hydrogens is 228 g/mol. The predicted molar refractivity (Wildman–Crippen MR) is 63.4 cm³/mol. The number of ether oxygens (including phenoxy) is 1. The van der Waals surface area contributed by atoms with Crippen LogP contribution in [0.2, 0.25) is 5.02 Å². The van der Waals surface area contributed by atoms with Crippen LogP contribution in [0.15, 0.2) is 18.2 Å². The van der Waals surface area contributed by atoms with Gasteiger partial charge in [0, 0.05) is 0 Å². The van der Waals surface area contributed by atoms with Crippen LogP contribution in [0.25, 0.3) is 0 Å². The monoisotopic (exact) mass is 242 g/mol. The van der Waals surface area contributed by atoms with Crippen molar-refractivity contribution in [2.24, 2.45) is 0 Å². The number of carboxylic acids is 1. The highest BCUT2D eigenvalue weighted by molar-refractivity contribution is 6.32. The quantitative estimate of drug-likeness (QED) is 0.858. The molecule has 0 aliphatic carbocycles. The second-order valence-corrected chi connectivity index (χ2v) is 3.89. The fourth-order valence-electron chi connectivity index (χ4n) is 1.42. The molecule has 1 aromatic carbocycles. The molecule has 0 radical (unpaired) electrons. The summed E-state index contributed by atoms with van der Waals surface area (Å²) in [4.78, 5) is 11.0. The Morgan fingerprint density at radius 3 is 2.56 bits per heavy atom. The van der Waals surface area contributed by atoms with Gasteiger partial charge in [0.2, 0.25) is 0 Å². The first-order valence-corrected chi connectivity index (χ1v) is 5.66. The topological polar surface area (TPSA) is 46.5 Å². The number of carbonyl (C=O) groups is 1. The average molecular weight is 243 g/mol. The zero-order chi connectivity index (χ0) is 12.1. The van der Waals surface area contributed by atoms with Crippen molar-refractivity contribution >= 4 is 17.6 Å². The molecule has 0 amide bonds. The van der Waals surface area contributed by atoms with E-state index in [1.165, 1.54) is 6.07 Å². The zero-order valence-electron chi connectivity index (χ0n) is 9.37. The second-order valence-electron chi connectivity index (χ2n) is 3.48. The van der Waals surface area contributed by atoms with E-state index in [4.69, 9.17) is 21.4 Å². The minimum absolute atomic E-state index is 0.00185. The molecule has 0 aliphatic heterocycles. The molecule has 0 fully saturated rings. The minimum atomic E-state index is -1.02. The Balaban J connectivity index is 3.05. The maximum Gasteiger partial charge on any atom is 0.339 e. The van der Waals surface area contributed by atoms with Gasteiger partial charge in [0.1, 0.15) is 5.56 Å². The van der Waals surface area contributed by atoms with Crippen LogP contribution in [0.5, 0.6) is 5.75 Å². The molecule has 0 spiro atoms. The Labute approximate surface area is 100.0 Å². The number of benzene rings is 1. The lowest BCUT2D eigenvalue weighted by atomic mass is 10.2. The van der Waals surface area contributed by atoms with E-state index in [-0.39, 0.29) is 17.4 Å². The molecule has 16 heavy (non-hydrogen) atoms. The van der Waals surface area contributed by atoms with E-state index < -0.39 is 5.97 Å². The maximum atomic E-state index is 11.0. The third kappa shape index (κ3) is 2.89. The molecule has 0 bridgehead atoms. The third-order valence-corrected chi connectivity index (χ3v) is 2.69. The molecule has 1 N–H and O–H groups in total. The molecule has 0 aromatic heterocycles. The molecule has 0 saturated carbocycles. The lowest BCUT2D eigenvalue weighted by Gasteiger charge is -2.18. The van der Waals surface area contributed by atoms with Gasteiger partial charge in [0.15, 0.2) is 5.75 Å². The number of carboxylic acid groups (broad SMARTS) is 1. The summed E-state index contributed by atoms with van der Waals surface area (Å²) >= 11 is 5.94. The van der Waals surface area contributed by atoms with Crippen LogP contribution in [0, 0.1) is 0 Å². The highest BCUT2D eigenvalue weighted by Crippen LogP contribution is 2.30. The Morgan fingerprint density at radius 2 is 2.06 bits per heavy atom. The largest absolute Gasteiger partial charge is 0.488 e. The summed E-state index contributed by atoms with van der Waals surface area (Å²) in [6.45, 7) is 3.98. The molecule has 3 nitrogen and oxygen atoms in total. The molecule has 1 rings (SSSR count). The van der Waals surface area contributed by atoms with Crippen LogP contribution in [-0.2, 0) is 0 Å². The molecular formula is C12H15ClO3. The van der Waals surface area contributed by atoms with Crippen molar-refractivity contribution in [3.63, 3.8) is 0 Å². The summed E-state index contributed by atoms with van der Waals surface area (Å²) in [7, 11) is 0. The van der Waals surface area contributed by atoms with Gasteiger partial charge in [-0.05, 0) is 25.0 Å². The first-order valence-electron chi connectivity index (χ1n) is 5.28. The smallest absolute Gasteiger partial charge is 0.339 e. The van der Waals surface area contributed by atoms with E-state index in [1.807, 2.05) is 13.8 Å². The first kappa shape index (κ1) is 12.8. The standard InChI is InChI=1S/C12H15ClO3/c1-3-8(4-2)16-11-9(12(14)15)6-5-7-10(11)13/h5-8H,3-4H2,1-2H3,(H,14,15). The normalized spacial score (nSPS) is 10.5. The van der Waals surface area contributed by atoms with Crippen molar-refractivity contribution in [3.05, 3.63) is 28.8 Å². The lowest BCUT2D eigenvalue weighted by Crippen LogP contribution is -2.16. The average Bonchev–Trinajstić information content (AvgIpc) is 2.27. The van der Waals surface area contributed by atoms with Gasteiger partial charge in [0.05, 0.1) is 11.1 Å². The van der Waals surface area contributed by atoms with E-state index in [0.29, 0.717) is 5.02 Å². The van der Waals surface area contributed by atoms with Gasteiger partial charge in [-0.15, -0.1) is 0 Å². The highest BCUT2D eigenvalue weighted by atomic mass is 35.5. The van der Waals surface area contributed by atoms with Gasteiger partial charge in [-0.25, -0.2) is 4.79 Å². The van der Waals surface area contributed by atoms with E-state index in [9.17, 15) is 4.79 Å². The van der Waals surface area contributed by atoms with Crippen LogP contribution in [0.1, 0.15) is 37.0 Å². The van der Waals surface area contributed by atoms with E-state index in [1.54, 1.807) is 12.1 Å². The molecule has 88 valence electrons. The summed E-state index contributed by atoms with van der Waals surface area (Å²) in [5, 5.41) is 9.35.